The van der Waals surface area contributed by atoms with Crippen LogP contribution in [0.3, 0.4) is 0 Å². The van der Waals surface area contributed by atoms with Crippen LogP contribution in [-0.4, -0.2) is 21.7 Å². The summed E-state index contributed by atoms with van der Waals surface area (Å²) in [6.07, 6.45) is 3.36. The highest BCUT2D eigenvalue weighted by Gasteiger charge is 2.12. The fourth-order valence-corrected chi connectivity index (χ4v) is 3.25. The van der Waals surface area contributed by atoms with Gasteiger partial charge in [0, 0.05) is 24.6 Å². The van der Waals surface area contributed by atoms with Gasteiger partial charge in [0.15, 0.2) is 0 Å². The van der Waals surface area contributed by atoms with Crippen molar-refractivity contribution in [3.05, 3.63) is 83.2 Å². The number of amides is 3. The molecule has 3 rings (SSSR count). The Morgan fingerprint density at radius 3 is 2.67 bits per heavy atom. The third kappa shape index (κ3) is 5.70. The molecule has 156 valence electrons. The van der Waals surface area contributed by atoms with Crippen molar-refractivity contribution in [3.8, 4) is 0 Å². The SMILES string of the molecule is Cc1cccc(C(C)NC(=O)NCc2cccc(NC(=O)Cn3cccn3)c2)c1C. The molecule has 1 heterocycles. The van der Waals surface area contributed by atoms with Crippen LogP contribution in [-0.2, 0) is 17.9 Å². The van der Waals surface area contributed by atoms with Gasteiger partial charge in [0.25, 0.3) is 0 Å². The van der Waals surface area contributed by atoms with E-state index in [0.29, 0.717) is 12.2 Å². The predicted octanol–water partition coefficient (Wildman–Crippen LogP) is 3.70. The van der Waals surface area contributed by atoms with Gasteiger partial charge in [-0.15, -0.1) is 0 Å². The summed E-state index contributed by atoms with van der Waals surface area (Å²) in [7, 11) is 0. The van der Waals surface area contributed by atoms with Crippen molar-refractivity contribution in [2.24, 2.45) is 0 Å². The van der Waals surface area contributed by atoms with Crippen molar-refractivity contribution < 1.29 is 9.59 Å². The van der Waals surface area contributed by atoms with Gasteiger partial charge in [0.1, 0.15) is 6.54 Å². The first-order chi connectivity index (χ1) is 14.4. The summed E-state index contributed by atoms with van der Waals surface area (Å²) < 4.78 is 1.56. The molecule has 3 amide bonds. The molecule has 1 atom stereocenters. The maximum atomic E-state index is 12.3. The molecule has 0 fully saturated rings. The minimum atomic E-state index is -0.239. The Morgan fingerprint density at radius 1 is 1.10 bits per heavy atom. The van der Waals surface area contributed by atoms with Crippen LogP contribution in [0.25, 0.3) is 0 Å². The fourth-order valence-electron chi connectivity index (χ4n) is 3.25. The van der Waals surface area contributed by atoms with Crippen LogP contribution in [0.4, 0.5) is 10.5 Å². The van der Waals surface area contributed by atoms with Crippen LogP contribution in [0.15, 0.2) is 60.9 Å². The lowest BCUT2D eigenvalue weighted by Crippen LogP contribution is -2.36. The molecule has 0 aliphatic rings. The third-order valence-electron chi connectivity index (χ3n) is 4.99. The number of hydrogen-bond donors (Lipinski definition) is 3. The van der Waals surface area contributed by atoms with Crippen molar-refractivity contribution in [2.75, 3.05) is 5.32 Å². The predicted molar refractivity (Wildman–Crippen MR) is 117 cm³/mol. The minimum Gasteiger partial charge on any atom is -0.334 e. The molecule has 0 bridgehead atoms. The normalized spacial score (nSPS) is 11.6. The largest absolute Gasteiger partial charge is 0.334 e. The van der Waals surface area contributed by atoms with Crippen molar-refractivity contribution in [3.63, 3.8) is 0 Å². The van der Waals surface area contributed by atoms with Gasteiger partial charge in [-0.3, -0.25) is 9.48 Å². The first-order valence-electron chi connectivity index (χ1n) is 9.89. The summed E-state index contributed by atoms with van der Waals surface area (Å²) >= 11 is 0. The van der Waals surface area contributed by atoms with Crippen LogP contribution >= 0.6 is 0 Å². The fraction of sp³-hybridized carbons (Fsp3) is 0.261. The molecule has 0 radical (unpaired) electrons. The average Bonchev–Trinajstić information content (AvgIpc) is 3.21. The van der Waals surface area contributed by atoms with E-state index in [0.717, 1.165) is 11.1 Å². The van der Waals surface area contributed by atoms with E-state index >= 15 is 0 Å². The molecule has 1 aromatic heterocycles. The molecule has 0 saturated carbocycles. The van der Waals surface area contributed by atoms with Crippen LogP contribution in [0.2, 0.25) is 0 Å². The Kier molecular flexibility index (Phi) is 6.85. The molecule has 0 aliphatic heterocycles. The molecule has 3 aromatic rings. The molecular weight excluding hydrogens is 378 g/mol. The number of nitrogens with zero attached hydrogens (tertiary/aromatic N) is 2. The second-order valence-electron chi connectivity index (χ2n) is 7.29. The first kappa shape index (κ1) is 21.1. The number of urea groups is 1. The summed E-state index contributed by atoms with van der Waals surface area (Å²) in [6, 6.07) is 14.9. The van der Waals surface area contributed by atoms with E-state index in [4.69, 9.17) is 0 Å². The second-order valence-corrected chi connectivity index (χ2v) is 7.29. The Hall–Kier alpha value is -3.61. The summed E-state index contributed by atoms with van der Waals surface area (Å²) in [5, 5.41) is 12.7. The maximum absolute atomic E-state index is 12.3. The maximum Gasteiger partial charge on any atom is 0.315 e. The topological polar surface area (TPSA) is 88.0 Å². The van der Waals surface area contributed by atoms with Crippen LogP contribution in [0.5, 0.6) is 0 Å². The zero-order valence-electron chi connectivity index (χ0n) is 17.5. The van der Waals surface area contributed by atoms with Gasteiger partial charge in [0.2, 0.25) is 5.91 Å². The molecule has 3 N–H and O–H groups in total. The monoisotopic (exact) mass is 405 g/mol. The first-order valence-corrected chi connectivity index (χ1v) is 9.89. The molecule has 7 heteroatoms. The molecule has 7 nitrogen and oxygen atoms in total. The standard InChI is InChI=1S/C23H27N5O2/c1-16-7-4-10-21(17(16)2)18(3)26-23(30)24-14-19-8-5-9-20(13-19)27-22(29)15-28-12-6-11-25-28/h4-13,18H,14-15H2,1-3H3,(H,27,29)(H2,24,26,30). The van der Waals surface area contributed by atoms with E-state index in [1.54, 1.807) is 23.1 Å². The number of carbonyl (C=O) groups excluding carboxylic acids is 2. The number of benzene rings is 2. The van der Waals surface area contributed by atoms with Crippen molar-refractivity contribution >= 4 is 17.6 Å². The molecule has 1 unspecified atom stereocenters. The van der Waals surface area contributed by atoms with Gasteiger partial charge >= 0.3 is 6.03 Å². The number of rotatable bonds is 7. The van der Waals surface area contributed by atoms with Crippen molar-refractivity contribution in [1.82, 2.24) is 20.4 Å². The molecule has 2 aromatic carbocycles. The Balaban J connectivity index is 1.51. The number of hydrogen-bond acceptors (Lipinski definition) is 3. The number of aryl methyl sites for hydroxylation is 1. The van der Waals surface area contributed by atoms with Crippen LogP contribution in [0.1, 0.15) is 35.2 Å². The highest BCUT2D eigenvalue weighted by Crippen LogP contribution is 2.20. The Labute approximate surface area is 176 Å². The van der Waals surface area contributed by atoms with Gasteiger partial charge in [0.05, 0.1) is 6.04 Å². The summed E-state index contributed by atoms with van der Waals surface area (Å²) in [5.41, 5.74) is 5.06. The number of anilines is 1. The Morgan fingerprint density at radius 2 is 1.90 bits per heavy atom. The lowest BCUT2D eigenvalue weighted by atomic mass is 9.98. The zero-order valence-corrected chi connectivity index (χ0v) is 17.5. The van der Waals surface area contributed by atoms with E-state index in [1.165, 1.54) is 11.1 Å². The number of carbonyl (C=O) groups is 2. The summed E-state index contributed by atoms with van der Waals surface area (Å²) in [5.74, 6) is -0.163. The Bertz CT molecular complexity index is 1010. The lowest BCUT2D eigenvalue weighted by Gasteiger charge is -2.18. The number of nitrogens with one attached hydrogen (secondary N) is 3. The lowest BCUT2D eigenvalue weighted by molar-refractivity contribution is -0.116. The van der Waals surface area contributed by atoms with Gasteiger partial charge in [-0.2, -0.15) is 5.10 Å². The molecule has 30 heavy (non-hydrogen) atoms. The van der Waals surface area contributed by atoms with Gasteiger partial charge in [-0.05, 0) is 61.2 Å². The molecule has 0 aliphatic carbocycles. The average molecular weight is 406 g/mol. The zero-order chi connectivity index (χ0) is 21.5. The third-order valence-corrected chi connectivity index (χ3v) is 4.99. The highest BCUT2D eigenvalue weighted by molar-refractivity contribution is 5.90. The van der Waals surface area contributed by atoms with E-state index in [1.807, 2.05) is 43.3 Å². The van der Waals surface area contributed by atoms with Crippen LogP contribution < -0.4 is 16.0 Å². The summed E-state index contributed by atoms with van der Waals surface area (Å²) in [4.78, 5) is 24.4. The molecule has 0 saturated heterocycles. The van der Waals surface area contributed by atoms with Crippen LogP contribution in [0, 0.1) is 13.8 Å². The van der Waals surface area contributed by atoms with Crippen molar-refractivity contribution in [2.45, 2.75) is 39.9 Å². The van der Waals surface area contributed by atoms with Gasteiger partial charge < -0.3 is 16.0 Å². The van der Waals surface area contributed by atoms with E-state index in [-0.39, 0.29) is 24.5 Å². The number of aromatic nitrogens is 2. The molecular formula is C23H27N5O2. The smallest absolute Gasteiger partial charge is 0.315 e. The van der Waals surface area contributed by atoms with Gasteiger partial charge in [-0.1, -0.05) is 30.3 Å². The van der Waals surface area contributed by atoms with E-state index in [9.17, 15) is 9.59 Å². The quantitative estimate of drug-likeness (QED) is 0.560. The molecule has 0 spiro atoms. The van der Waals surface area contributed by atoms with Crippen molar-refractivity contribution in [1.29, 1.82) is 0 Å². The second kappa shape index (κ2) is 9.73. The minimum absolute atomic E-state index is 0.0992. The highest BCUT2D eigenvalue weighted by atomic mass is 16.2. The van der Waals surface area contributed by atoms with E-state index in [2.05, 4.69) is 41.0 Å². The van der Waals surface area contributed by atoms with E-state index < -0.39 is 0 Å². The van der Waals surface area contributed by atoms with Gasteiger partial charge in [-0.25, -0.2) is 4.79 Å². The summed E-state index contributed by atoms with van der Waals surface area (Å²) in [6.45, 7) is 6.60.